The number of piperazine rings is 1. The molecule has 1 aliphatic rings. The molecule has 1 aromatic carbocycles. The number of pyridine rings is 1. The number of methoxy groups -OCH3 is 3. The van der Waals surface area contributed by atoms with Gasteiger partial charge in [0, 0.05) is 50.7 Å². The minimum Gasteiger partial charge on any atom is -0.493 e. The molecule has 0 spiro atoms. The second-order valence-electron chi connectivity index (χ2n) is 6.95. The summed E-state index contributed by atoms with van der Waals surface area (Å²) in [6.07, 6.45) is 3.66. The number of carbonyl (C=O) groups is 3. The van der Waals surface area contributed by atoms with Crippen molar-refractivity contribution in [1.29, 1.82) is 0 Å². The molecule has 0 unspecified atom stereocenters. The molecule has 33 heavy (non-hydrogen) atoms. The van der Waals surface area contributed by atoms with Crippen molar-refractivity contribution in [2.75, 3.05) is 47.5 Å². The zero-order valence-corrected chi connectivity index (χ0v) is 18.7. The highest BCUT2D eigenvalue weighted by molar-refractivity contribution is 6.27. The number of amides is 1. The Kier molecular flexibility index (Phi) is 9.43. The summed E-state index contributed by atoms with van der Waals surface area (Å²) in [6, 6.07) is 7.41. The van der Waals surface area contributed by atoms with Crippen LogP contribution < -0.4 is 14.2 Å². The molecule has 1 aromatic heterocycles. The predicted molar refractivity (Wildman–Crippen MR) is 117 cm³/mol. The molecule has 0 aliphatic carbocycles. The minimum atomic E-state index is -1.82. The second-order valence-corrected chi connectivity index (χ2v) is 6.95. The number of rotatable bonds is 6. The Hall–Kier alpha value is -3.86. The third kappa shape index (κ3) is 7.07. The summed E-state index contributed by atoms with van der Waals surface area (Å²) in [5.74, 6) is -2.23. The lowest BCUT2D eigenvalue weighted by atomic mass is 10.1. The number of hydrogen-bond acceptors (Lipinski definition) is 8. The van der Waals surface area contributed by atoms with Crippen LogP contribution in [0.4, 0.5) is 0 Å². The lowest BCUT2D eigenvalue weighted by Crippen LogP contribution is -2.48. The van der Waals surface area contributed by atoms with Gasteiger partial charge in [-0.05, 0) is 23.8 Å². The van der Waals surface area contributed by atoms with Gasteiger partial charge in [-0.15, -0.1) is 0 Å². The van der Waals surface area contributed by atoms with Gasteiger partial charge < -0.3 is 29.3 Å². The van der Waals surface area contributed by atoms with Crippen molar-refractivity contribution < 1.29 is 38.8 Å². The number of hydrogen-bond donors (Lipinski definition) is 2. The van der Waals surface area contributed by atoms with Crippen molar-refractivity contribution in [3.05, 3.63) is 47.8 Å². The SMILES string of the molecule is COc1cc(C(=O)N2CCN(Cc3cccnc3)CC2)cc(OC)c1OC.O=C(O)C(=O)O. The minimum absolute atomic E-state index is 0.0321. The van der Waals surface area contributed by atoms with Crippen LogP contribution in [0.15, 0.2) is 36.7 Å². The Balaban J connectivity index is 0.000000569. The van der Waals surface area contributed by atoms with Crippen LogP contribution in [0, 0.1) is 0 Å². The number of benzene rings is 1. The summed E-state index contributed by atoms with van der Waals surface area (Å²) in [4.78, 5) is 39.5. The summed E-state index contributed by atoms with van der Waals surface area (Å²) >= 11 is 0. The third-order valence-corrected chi connectivity index (χ3v) is 4.88. The smallest absolute Gasteiger partial charge is 0.414 e. The Morgan fingerprint density at radius 3 is 1.94 bits per heavy atom. The summed E-state index contributed by atoms with van der Waals surface area (Å²) in [5.41, 5.74) is 1.71. The van der Waals surface area contributed by atoms with Gasteiger partial charge >= 0.3 is 11.9 Å². The van der Waals surface area contributed by atoms with Gasteiger partial charge in [0.2, 0.25) is 5.75 Å². The standard InChI is InChI=1S/C20H25N3O4.C2H2O4/c1-25-17-11-16(12-18(26-2)19(17)27-3)20(24)23-9-7-22(8-10-23)14-15-5-4-6-21-13-15;3-1(4)2(5)6/h4-6,11-13H,7-10,14H2,1-3H3;(H,3,4)(H,5,6). The van der Waals surface area contributed by atoms with E-state index in [1.54, 1.807) is 39.7 Å². The summed E-state index contributed by atoms with van der Waals surface area (Å²) in [6.45, 7) is 3.85. The number of aromatic nitrogens is 1. The summed E-state index contributed by atoms with van der Waals surface area (Å²) in [7, 11) is 4.63. The summed E-state index contributed by atoms with van der Waals surface area (Å²) < 4.78 is 16.0. The van der Waals surface area contributed by atoms with E-state index in [4.69, 9.17) is 34.0 Å². The van der Waals surface area contributed by atoms with Crippen molar-refractivity contribution in [2.45, 2.75) is 6.54 Å². The molecule has 3 rings (SSSR count). The number of aliphatic carboxylic acids is 2. The van der Waals surface area contributed by atoms with E-state index in [1.807, 2.05) is 17.2 Å². The molecular weight excluding hydrogens is 434 g/mol. The van der Waals surface area contributed by atoms with Crippen LogP contribution >= 0.6 is 0 Å². The highest BCUT2D eigenvalue weighted by Gasteiger charge is 2.24. The molecule has 1 saturated heterocycles. The predicted octanol–water partition coefficient (Wildman–Crippen LogP) is 1.22. The first-order chi connectivity index (χ1) is 15.8. The fourth-order valence-electron chi connectivity index (χ4n) is 3.25. The van der Waals surface area contributed by atoms with Crippen molar-refractivity contribution in [3.8, 4) is 17.2 Å². The Morgan fingerprint density at radius 2 is 1.52 bits per heavy atom. The van der Waals surface area contributed by atoms with Gasteiger partial charge in [-0.1, -0.05) is 6.07 Å². The first-order valence-corrected chi connectivity index (χ1v) is 9.97. The van der Waals surface area contributed by atoms with E-state index in [0.717, 1.165) is 19.6 Å². The van der Waals surface area contributed by atoms with Crippen molar-refractivity contribution >= 4 is 17.8 Å². The first-order valence-electron chi connectivity index (χ1n) is 9.97. The number of carbonyl (C=O) groups excluding carboxylic acids is 1. The Bertz CT molecular complexity index is 922. The summed E-state index contributed by atoms with van der Waals surface area (Å²) in [5, 5.41) is 14.8. The topological polar surface area (TPSA) is 139 Å². The second kappa shape index (κ2) is 12.2. The molecule has 178 valence electrons. The highest BCUT2D eigenvalue weighted by Crippen LogP contribution is 2.38. The van der Waals surface area contributed by atoms with Gasteiger partial charge in [0.15, 0.2) is 11.5 Å². The molecule has 1 amide bonds. The molecule has 0 saturated carbocycles. The largest absolute Gasteiger partial charge is 0.493 e. The van der Waals surface area contributed by atoms with Crippen molar-refractivity contribution in [3.63, 3.8) is 0 Å². The van der Waals surface area contributed by atoms with Crippen LogP contribution in [-0.4, -0.2) is 90.4 Å². The van der Waals surface area contributed by atoms with Gasteiger partial charge in [0.1, 0.15) is 0 Å². The van der Waals surface area contributed by atoms with E-state index in [2.05, 4.69) is 16.0 Å². The first kappa shape index (κ1) is 25.4. The van der Waals surface area contributed by atoms with Crippen LogP contribution in [0.1, 0.15) is 15.9 Å². The maximum absolute atomic E-state index is 12.9. The number of nitrogens with zero attached hydrogens (tertiary/aromatic N) is 3. The molecule has 2 heterocycles. The zero-order chi connectivity index (χ0) is 24.4. The number of carboxylic acids is 2. The normalized spacial score (nSPS) is 13.4. The fraction of sp³-hybridized carbons (Fsp3) is 0.364. The van der Waals surface area contributed by atoms with Crippen LogP contribution in [-0.2, 0) is 16.1 Å². The van der Waals surface area contributed by atoms with E-state index in [0.29, 0.717) is 35.9 Å². The zero-order valence-electron chi connectivity index (χ0n) is 18.7. The molecule has 0 bridgehead atoms. The number of carboxylic acid groups (broad SMARTS) is 2. The van der Waals surface area contributed by atoms with Gasteiger partial charge in [0.25, 0.3) is 5.91 Å². The van der Waals surface area contributed by atoms with E-state index < -0.39 is 11.9 Å². The van der Waals surface area contributed by atoms with Gasteiger partial charge in [-0.2, -0.15) is 0 Å². The molecule has 0 radical (unpaired) electrons. The molecule has 1 aliphatic heterocycles. The van der Waals surface area contributed by atoms with Crippen LogP contribution in [0.2, 0.25) is 0 Å². The maximum atomic E-state index is 12.9. The van der Waals surface area contributed by atoms with Gasteiger partial charge in [-0.25, -0.2) is 9.59 Å². The average Bonchev–Trinajstić information content (AvgIpc) is 2.84. The lowest BCUT2D eigenvalue weighted by molar-refractivity contribution is -0.159. The lowest BCUT2D eigenvalue weighted by Gasteiger charge is -2.34. The van der Waals surface area contributed by atoms with Gasteiger partial charge in [0.05, 0.1) is 21.3 Å². The molecule has 1 fully saturated rings. The molecule has 11 nitrogen and oxygen atoms in total. The van der Waals surface area contributed by atoms with Crippen molar-refractivity contribution in [2.24, 2.45) is 0 Å². The van der Waals surface area contributed by atoms with Crippen LogP contribution in [0.3, 0.4) is 0 Å². The van der Waals surface area contributed by atoms with Crippen LogP contribution in [0.5, 0.6) is 17.2 Å². The third-order valence-electron chi connectivity index (χ3n) is 4.88. The molecule has 0 atom stereocenters. The van der Waals surface area contributed by atoms with E-state index in [9.17, 15) is 4.79 Å². The molecule has 2 N–H and O–H groups in total. The van der Waals surface area contributed by atoms with Crippen molar-refractivity contribution in [1.82, 2.24) is 14.8 Å². The molecule has 11 heteroatoms. The maximum Gasteiger partial charge on any atom is 0.414 e. The van der Waals surface area contributed by atoms with Gasteiger partial charge in [-0.3, -0.25) is 14.7 Å². The molecule has 2 aromatic rings. The monoisotopic (exact) mass is 461 g/mol. The average molecular weight is 461 g/mol. The fourth-order valence-corrected chi connectivity index (χ4v) is 3.25. The Labute approximate surface area is 191 Å². The highest BCUT2D eigenvalue weighted by atomic mass is 16.5. The molecular formula is C22H27N3O8. The Morgan fingerprint density at radius 1 is 0.939 bits per heavy atom. The van der Waals surface area contributed by atoms with E-state index in [1.165, 1.54) is 5.56 Å². The quantitative estimate of drug-likeness (QED) is 0.604. The van der Waals surface area contributed by atoms with Crippen LogP contribution in [0.25, 0.3) is 0 Å². The van der Waals surface area contributed by atoms with E-state index >= 15 is 0 Å². The van der Waals surface area contributed by atoms with E-state index in [-0.39, 0.29) is 5.91 Å². The number of ether oxygens (including phenoxy) is 3.